The summed E-state index contributed by atoms with van der Waals surface area (Å²) in [5, 5.41) is 3.94. The number of nitrogens with zero attached hydrogens (tertiary/aromatic N) is 4. The minimum Gasteiger partial charge on any atom is -0.361 e. The van der Waals surface area contributed by atoms with Crippen molar-refractivity contribution >= 4 is 11.9 Å². The summed E-state index contributed by atoms with van der Waals surface area (Å²) in [6, 6.07) is 6.85. The molecule has 0 fully saturated rings. The van der Waals surface area contributed by atoms with Gasteiger partial charge in [-0.3, -0.25) is 0 Å². The molecule has 0 aliphatic heterocycles. The third-order valence-electron chi connectivity index (χ3n) is 1.60. The van der Waals surface area contributed by atoms with Gasteiger partial charge in [-0.05, 0) is 24.3 Å². The third-order valence-corrected chi connectivity index (χ3v) is 1.60. The van der Waals surface area contributed by atoms with Gasteiger partial charge in [-0.2, -0.15) is 4.79 Å². The second kappa shape index (κ2) is 4.13. The topological polar surface area (TPSA) is 69.1 Å². The van der Waals surface area contributed by atoms with Crippen LogP contribution in [0.3, 0.4) is 0 Å². The zero-order valence-electron chi connectivity index (χ0n) is 7.08. The molecule has 0 N–H and O–H groups in total. The summed E-state index contributed by atoms with van der Waals surface area (Å²) in [5.74, 6) is 0. The number of hydrogen-bond acceptors (Lipinski definition) is 2. The first kappa shape index (κ1) is 9.09. The molecule has 0 spiro atoms. The lowest BCUT2D eigenvalue weighted by Crippen LogP contribution is -2.06. The van der Waals surface area contributed by atoms with Crippen LogP contribution in [0.2, 0.25) is 0 Å². The highest BCUT2D eigenvalue weighted by atomic mass is 16.3. The van der Waals surface area contributed by atoms with Gasteiger partial charge in [0.25, 0.3) is 6.21 Å². The summed E-state index contributed by atoms with van der Waals surface area (Å²) in [5.41, 5.74) is 9.68. The summed E-state index contributed by atoms with van der Waals surface area (Å²) >= 11 is 0. The van der Waals surface area contributed by atoms with Crippen molar-refractivity contribution in [3.05, 3.63) is 40.3 Å². The Morgan fingerprint density at radius 1 is 1.46 bits per heavy atom. The molecule has 0 radical (unpaired) electrons. The smallest absolute Gasteiger partial charge is 0.287 e. The van der Waals surface area contributed by atoms with Crippen molar-refractivity contribution in [1.82, 2.24) is 0 Å². The van der Waals surface area contributed by atoms with Crippen LogP contribution in [0.1, 0.15) is 5.56 Å². The van der Waals surface area contributed by atoms with Gasteiger partial charge in [0, 0.05) is 7.05 Å². The van der Waals surface area contributed by atoms with Gasteiger partial charge in [-0.1, -0.05) is 0 Å². The fraction of sp³-hybridized carbons (Fsp3) is 0.125. The summed E-state index contributed by atoms with van der Waals surface area (Å²) in [7, 11) is 1.56. The number of anilines is 1. The Bertz CT molecular complexity index is 340. The molecule has 0 atom stereocenters. The highest BCUT2D eigenvalue weighted by Crippen LogP contribution is 2.12. The van der Waals surface area contributed by atoms with E-state index in [0.29, 0.717) is 5.69 Å². The zero-order valence-corrected chi connectivity index (χ0v) is 7.08. The lowest BCUT2D eigenvalue weighted by atomic mass is 10.2. The van der Waals surface area contributed by atoms with Crippen molar-refractivity contribution in [2.45, 2.75) is 0 Å². The average molecular weight is 176 g/mol. The Morgan fingerprint density at radius 2 is 2.08 bits per heavy atom. The summed E-state index contributed by atoms with van der Waals surface area (Å²) < 4.78 is 0. The molecule has 0 heterocycles. The fourth-order valence-corrected chi connectivity index (χ4v) is 0.890. The predicted molar refractivity (Wildman–Crippen MR) is 49.4 cm³/mol. The third kappa shape index (κ3) is 2.21. The maximum atomic E-state index is 10.1. The Balaban J connectivity index is 2.92. The van der Waals surface area contributed by atoms with Gasteiger partial charge in [-0.15, -0.1) is 4.91 Å². The highest BCUT2D eigenvalue weighted by Gasteiger charge is 1.99. The van der Waals surface area contributed by atoms with Crippen LogP contribution in [0.5, 0.6) is 0 Å². The van der Waals surface area contributed by atoms with Gasteiger partial charge in [0.05, 0.1) is 16.5 Å². The molecule has 13 heavy (non-hydrogen) atoms. The van der Waals surface area contributed by atoms with Crippen molar-refractivity contribution in [2.24, 2.45) is 5.29 Å². The number of rotatable bonds is 3. The molecule has 0 aromatic heterocycles. The van der Waals surface area contributed by atoms with Crippen molar-refractivity contribution < 1.29 is 4.79 Å². The second-order valence-corrected chi connectivity index (χ2v) is 2.44. The number of hydrogen-bond donors (Lipinski definition) is 0. The SMILES string of the molecule is CN(N=O)c1ccc(C=[N+]=[N-])cc1. The molecule has 1 aromatic carbocycles. The van der Waals surface area contributed by atoms with E-state index in [1.807, 2.05) is 0 Å². The largest absolute Gasteiger partial charge is 0.361 e. The lowest BCUT2D eigenvalue weighted by molar-refractivity contribution is 0.00456. The van der Waals surface area contributed by atoms with Gasteiger partial charge in [0.2, 0.25) is 0 Å². The molecule has 0 saturated carbocycles. The molecule has 0 amide bonds. The van der Waals surface area contributed by atoms with Gasteiger partial charge < -0.3 is 5.53 Å². The van der Waals surface area contributed by atoms with Gasteiger partial charge in [-0.25, -0.2) is 5.01 Å². The van der Waals surface area contributed by atoms with Crippen LogP contribution < -0.4 is 5.01 Å². The van der Waals surface area contributed by atoms with Crippen molar-refractivity contribution in [2.75, 3.05) is 12.1 Å². The van der Waals surface area contributed by atoms with E-state index in [1.54, 1.807) is 31.3 Å². The van der Waals surface area contributed by atoms with Gasteiger partial charge in [0.1, 0.15) is 0 Å². The second-order valence-electron chi connectivity index (χ2n) is 2.44. The normalized spacial score (nSPS) is 8.69. The van der Waals surface area contributed by atoms with Crippen molar-refractivity contribution in [3.63, 3.8) is 0 Å². The van der Waals surface area contributed by atoms with Crippen LogP contribution in [0.4, 0.5) is 5.69 Å². The van der Waals surface area contributed by atoms with Crippen LogP contribution in [-0.2, 0) is 0 Å². The Labute approximate surface area is 75.2 Å². The fourth-order valence-electron chi connectivity index (χ4n) is 0.890. The predicted octanol–water partition coefficient (Wildman–Crippen LogP) is 1.45. The molecule has 5 nitrogen and oxygen atoms in total. The minimum absolute atomic E-state index is 0.685. The number of benzene rings is 1. The summed E-state index contributed by atoms with van der Waals surface area (Å²) in [6.07, 6.45) is 1.30. The first-order chi connectivity index (χ1) is 6.27. The Morgan fingerprint density at radius 3 is 2.54 bits per heavy atom. The van der Waals surface area contributed by atoms with Gasteiger partial charge in [0.15, 0.2) is 0 Å². The van der Waals surface area contributed by atoms with E-state index >= 15 is 0 Å². The molecule has 1 rings (SSSR count). The zero-order chi connectivity index (χ0) is 9.68. The molecular formula is C8H8N4O. The lowest BCUT2D eigenvalue weighted by Gasteiger charge is -2.06. The Kier molecular flexibility index (Phi) is 2.89. The van der Waals surface area contributed by atoms with Crippen molar-refractivity contribution in [3.8, 4) is 0 Å². The van der Waals surface area contributed by atoms with E-state index in [-0.39, 0.29) is 0 Å². The molecule has 0 bridgehead atoms. The Hall–Kier alpha value is -2.00. The number of nitroso groups, excluding NO2 is 1. The quantitative estimate of drug-likeness (QED) is 0.230. The average Bonchev–Trinajstić information content (AvgIpc) is 2.18. The molecule has 0 aliphatic carbocycles. The minimum atomic E-state index is 0.685. The van der Waals surface area contributed by atoms with E-state index < -0.39 is 0 Å². The molecule has 66 valence electrons. The molecular weight excluding hydrogens is 168 g/mol. The monoisotopic (exact) mass is 176 g/mol. The van der Waals surface area contributed by atoms with E-state index in [1.165, 1.54) is 11.2 Å². The van der Waals surface area contributed by atoms with E-state index in [4.69, 9.17) is 5.53 Å². The van der Waals surface area contributed by atoms with Crippen LogP contribution >= 0.6 is 0 Å². The van der Waals surface area contributed by atoms with E-state index in [0.717, 1.165) is 5.56 Å². The van der Waals surface area contributed by atoms with Crippen molar-refractivity contribution in [1.29, 1.82) is 0 Å². The summed E-state index contributed by atoms with van der Waals surface area (Å²) in [4.78, 5) is 13.0. The van der Waals surface area contributed by atoms with E-state index in [9.17, 15) is 4.91 Å². The molecule has 0 saturated heterocycles. The van der Waals surface area contributed by atoms with Crippen LogP contribution in [0.25, 0.3) is 5.53 Å². The molecule has 5 heteroatoms. The molecule has 0 unspecified atom stereocenters. The van der Waals surface area contributed by atoms with Crippen LogP contribution in [0.15, 0.2) is 29.6 Å². The maximum absolute atomic E-state index is 10.1. The maximum Gasteiger partial charge on any atom is 0.287 e. The van der Waals surface area contributed by atoms with Gasteiger partial charge >= 0.3 is 0 Å². The van der Waals surface area contributed by atoms with E-state index in [2.05, 4.69) is 10.1 Å². The first-order valence-corrected chi connectivity index (χ1v) is 3.62. The first-order valence-electron chi connectivity index (χ1n) is 3.62. The molecule has 1 aromatic rings. The standard InChI is InChI=1S/C8H8N4O/c1-12(11-13)8-4-2-7(3-5-8)6-10-9/h2-6H,1H3. The molecule has 0 aliphatic rings. The highest BCUT2D eigenvalue weighted by molar-refractivity contribution is 5.75. The summed E-state index contributed by atoms with van der Waals surface area (Å²) in [6.45, 7) is 0. The van der Waals surface area contributed by atoms with Crippen LogP contribution in [-0.4, -0.2) is 18.1 Å². The van der Waals surface area contributed by atoms with Crippen LogP contribution in [0, 0.1) is 4.91 Å².